The van der Waals surface area contributed by atoms with E-state index in [4.69, 9.17) is 5.11 Å². The summed E-state index contributed by atoms with van der Waals surface area (Å²) in [7, 11) is -3.68. The van der Waals surface area contributed by atoms with Gasteiger partial charge in [0.15, 0.2) is 5.78 Å². The summed E-state index contributed by atoms with van der Waals surface area (Å²) in [6.45, 7) is 1.36. The highest BCUT2D eigenvalue weighted by atomic mass is 32.2. The van der Waals surface area contributed by atoms with Crippen molar-refractivity contribution in [2.24, 2.45) is 0 Å². The van der Waals surface area contributed by atoms with Crippen molar-refractivity contribution in [2.45, 2.75) is 30.7 Å². The maximum Gasteiger partial charge on any atom is 0.240 e. The van der Waals surface area contributed by atoms with Crippen LogP contribution in [0.1, 0.15) is 24.5 Å². The number of ketones is 1. The lowest BCUT2D eigenvalue weighted by atomic mass is 10.1. The highest BCUT2D eigenvalue weighted by molar-refractivity contribution is 7.89. The van der Waals surface area contributed by atoms with Gasteiger partial charge in [-0.15, -0.1) is 0 Å². The van der Waals surface area contributed by atoms with Crippen molar-refractivity contribution < 1.29 is 18.3 Å². The van der Waals surface area contributed by atoms with Gasteiger partial charge in [0.25, 0.3) is 0 Å². The average molecular weight is 373 g/mol. The van der Waals surface area contributed by atoms with Crippen LogP contribution in [0.4, 0.5) is 0 Å². The van der Waals surface area contributed by atoms with Crippen LogP contribution in [0.2, 0.25) is 0 Å². The van der Waals surface area contributed by atoms with Gasteiger partial charge in [-0.3, -0.25) is 4.79 Å². The van der Waals surface area contributed by atoms with Crippen molar-refractivity contribution in [1.29, 1.82) is 0 Å². The lowest BCUT2D eigenvalue weighted by Crippen LogP contribution is -2.36. The Labute approximate surface area is 154 Å². The van der Waals surface area contributed by atoms with Crippen molar-refractivity contribution >= 4 is 21.9 Å². The van der Waals surface area contributed by atoms with Crippen LogP contribution in [-0.2, 0) is 21.2 Å². The predicted molar refractivity (Wildman–Crippen MR) is 102 cm³/mol. The summed E-state index contributed by atoms with van der Waals surface area (Å²) in [4.78, 5) is 11.3. The van der Waals surface area contributed by atoms with Gasteiger partial charge in [0.2, 0.25) is 10.0 Å². The molecule has 138 valence electrons. The van der Waals surface area contributed by atoms with E-state index in [2.05, 4.69) is 4.72 Å². The molecule has 0 aliphatic rings. The Morgan fingerprint density at radius 3 is 2.54 bits per heavy atom. The van der Waals surface area contributed by atoms with E-state index < -0.39 is 22.4 Å². The molecular weight excluding hydrogens is 350 g/mol. The van der Waals surface area contributed by atoms with Gasteiger partial charge in [0.1, 0.15) is 6.61 Å². The maximum atomic E-state index is 12.7. The molecule has 1 unspecified atom stereocenters. The Balaban J connectivity index is 2.15. The summed E-state index contributed by atoms with van der Waals surface area (Å²) >= 11 is 0. The standard InChI is InChI=1S/C20H23NO4S/c1-2-18(13-16-7-4-3-5-8-16)21-26(24,25)20-10-6-9-17(14-20)11-12-19(23)15-22/h3-12,14,18,21-22H,2,13,15H2,1H3/b12-11+. The molecule has 5 nitrogen and oxygen atoms in total. The SMILES string of the molecule is CCC(Cc1ccccc1)NS(=O)(=O)c1cccc(/C=C/C(=O)CO)c1. The minimum absolute atomic E-state index is 0.141. The first kappa shape index (κ1) is 20.0. The number of hydrogen-bond donors (Lipinski definition) is 2. The molecule has 0 bridgehead atoms. The summed E-state index contributed by atoms with van der Waals surface area (Å²) in [6, 6.07) is 15.9. The summed E-state index contributed by atoms with van der Waals surface area (Å²) in [5.74, 6) is -0.440. The van der Waals surface area contributed by atoms with Crippen LogP contribution < -0.4 is 4.72 Å². The highest BCUT2D eigenvalue weighted by Crippen LogP contribution is 2.15. The highest BCUT2D eigenvalue weighted by Gasteiger charge is 2.19. The van der Waals surface area contributed by atoms with Gasteiger partial charge in [0, 0.05) is 6.04 Å². The first-order valence-corrected chi connectivity index (χ1v) is 9.91. The molecule has 0 radical (unpaired) electrons. The fourth-order valence-corrected chi connectivity index (χ4v) is 3.86. The molecule has 26 heavy (non-hydrogen) atoms. The normalized spacial score (nSPS) is 13.0. The van der Waals surface area contributed by atoms with E-state index in [1.54, 1.807) is 12.1 Å². The van der Waals surface area contributed by atoms with Gasteiger partial charge < -0.3 is 5.11 Å². The summed E-state index contributed by atoms with van der Waals surface area (Å²) < 4.78 is 28.1. The first-order chi connectivity index (χ1) is 12.4. The van der Waals surface area contributed by atoms with Crippen molar-refractivity contribution in [3.63, 3.8) is 0 Å². The molecule has 2 aromatic rings. The third-order valence-corrected chi connectivity index (χ3v) is 5.44. The van der Waals surface area contributed by atoms with Crippen molar-refractivity contribution in [3.05, 3.63) is 71.8 Å². The zero-order chi connectivity index (χ0) is 19.0. The number of aliphatic hydroxyl groups is 1. The Morgan fingerprint density at radius 2 is 1.88 bits per heavy atom. The van der Waals surface area contributed by atoms with Crippen molar-refractivity contribution in [2.75, 3.05) is 6.61 Å². The lowest BCUT2D eigenvalue weighted by molar-refractivity contribution is -0.117. The first-order valence-electron chi connectivity index (χ1n) is 8.42. The van der Waals surface area contributed by atoms with E-state index >= 15 is 0 Å². The molecule has 2 N–H and O–H groups in total. The Morgan fingerprint density at radius 1 is 1.15 bits per heavy atom. The fourth-order valence-electron chi connectivity index (χ4n) is 2.48. The topological polar surface area (TPSA) is 83.5 Å². The number of rotatable bonds is 9. The van der Waals surface area contributed by atoms with Gasteiger partial charge in [-0.05, 0) is 42.2 Å². The minimum Gasteiger partial charge on any atom is -0.388 e. The molecule has 0 heterocycles. The third-order valence-electron chi connectivity index (χ3n) is 3.93. The quantitative estimate of drug-likeness (QED) is 0.662. The molecule has 0 spiro atoms. The molecule has 0 amide bonds. The molecule has 6 heteroatoms. The summed E-state index contributed by atoms with van der Waals surface area (Å²) in [5, 5.41) is 8.74. The third kappa shape index (κ3) is 5.91. The zero-order valence-electron chi connectivity index (χ0n) is 14.6. The van der Waals surface area contributed by atoms with Gasteiger partial charge in [-0.1, -0.05) is 55.5 Å². The van der Waals surface area contributed by atoms with E-state index in [-0.39, 0.29) is 10.9 Å². The number of benzene rings is 2. The van der Waals surface area contributed by atoms with E-state index in [0.717, 1.165) is 5.56 Å². The summed E-state index contributed by atoms with van der Waals surface area (Å²) in [5.41, 5.74) is 1.65. The molecule has 0 aromatic heterocycles. The molecular formula is C20H23NO4S. The van der Waals surface area contributed by atoms with Crippen LogP contribution in [0.5, 0.6) is 0 Å². The second-order valence-corrected chi connectivity index (χ2v) is 7.66. The molecule has 0 saturated heterocycles. The number of sulfonamides is 1. The van der Waals surface area contributed by atoms with Crippen molar-refractivity contribution in [1.82, 2.24) is 4.72 Å². The predicted octanol–water partition coefficient (Wildman–Crippen LogP) is 2.56. The van der Waals surface area contributed by atoms with E-state index in [9.17, 15) is 13.2 Å². The van der Waals surface area contributed by atoms with Crippen LogP contribution in [0.3, 0.4) is 0 Å². The second-order valence-electron chi connectivity index (χ2n) is 5.95. The number of nitrogens with one attached hydrogen (secondary N) is 1. The van der Waals surface area contributed by atoms with E-state index in [0.29, 0.717) is 18.4 Å². The Hall–Kier alpha value is -2.28. The largest absolute Gasteiger partial charge is 0.388 e. The zero-order valence-corrected chi connectivity index (χ0v) is 15.4. The molecule has 0 saturated carbocycles. The van der Waals surface area contributed by atoms with Gasteiger partial charge >= 0.3 is 0 Å². The summed E-state index contributed by atoms with van der Waals surface area (Å²) in [6.07, 6.45) is 3.99. The van der Waals surface area contributed by atoms with E-state index in [1.165, 1.54) is 24.3 Å². The fraction of sp³-hybridized carbons (Fsp3) is 0.250. The average Bonchev–Trinajstić information content (AvgIpc) is 2.66. The molecule has 0 aliphatic carbocycles. The number of carbonyl (C=O) groups excluding carboxylic acids is 1. The Bertz CT molecular complexity index is 860. The molecule has 2 aromatic carbocycles. The number of aliphatic hydroxyl groups excluding tert-OH is 1. The van der Waals surface area contributed by atoms with Crippen LogP contribution in [0.25, 0.3) is 6.08 Å². The molecule has 1 atom stereocenters. The molecule has 2 rings (SSSR count). The number of carbonyl (C=O) groups is 1. The molecule has 0 aliphatic heterocycles. The van der Waals surface area contributed by atoms with Crippen LogP contribution in [0, 0.1) is 0 Å². The molecule has 0 fully saturated rings. The number of hydrogen-bond acceptors (Lipinski definition) is 4. The smallest absolute Gasteiger partial charge is 0.240 e. The lowest BCUT2D eigenvalue weighted by Gasteiger charge is -2.17. The van der Waals surface area contributed by atoms with Crippen LogP contribution >= 0.6 is 0 Å². The Kier molecular flexibility index (Phi) is 7.26. The van der Waals surface area contributed by atoms with Crippen molar-refractivity contribution in [3.8, 4) is 0 Å². The van der Waals surface area contributed by atoms with E-state index in [1.807, 2.05) is 37.3 Å². The maximum absolute atomic E-state index is 12.7. The minimum atomic E-state index is -3.68. The van der Waals surface area contributed by atoms with Crippen LogP contribution in [0.15, 0.2) is 65.6 Å². The van der Waals surface area contributed by atoms with Gasteiger partial charge in [-0.25, -0.2) is 13.1 Å². The second kappa shape index (κ2) is 9.43. The van der Waals surface area contributed by atoms with Gasteiger partial charge in [-0.2, -0.15) is 0 Å². The van der Waals surface area contributed by atoms with Crippen LogP contribution in [-0.4, -0.2) is 32.0 Å². The monoisotopic (exact) mass is 373 g/mol. The van der Waals surface area contributed by atoms with Gasteiger partial charge in [0.05, 0.1) is 4.90 Å².